The third-order valence-corrected chi connectivity index (χ3v) is 3.19. The zero-order valence-corrected chi connectivity index (χ0v) is 12.5. The standard InChI is InChI=1S/C18H21NO2/c1-3-21-18(20)13-14(2)19-17-12-8-7-11-16(17)15-9-5-4-6-10-15/h4-12,14,19H,3,13H2,1-2H3. The molecule has 0 aliphatic carbocycles. The molecule has 0 aliphatic rings. The topological polar surface area (TPSA) is 38.3 Å². The zero-order chi connectivity index (χ0) is 15.1. The molecule has 0 radical (unpaired) electrons. The summed E-state index contributed by atoms with van der Waals surface area (Å²) in [5.74, 6) is -0.172. The van der Waals surface area contributed by atoms with E-state index in [0.717, 1.165) is 16.8 Å². The lowest BCUT2D eigenvalue weighted by molar-refractivity contribution is -0.143. The van der Waals surface area contributed by atoms with E-state index < -0.39 is 0 Å². The van der Waals surface area contributed by atoms with Crippen molar-refractivity contribution in [2.45, 2.75) is 26.3 Å². The van der Waals surface area contributed by atoms with Gasteiger partial charge in [-0.2, -0.15) is 0 Å². The first-order valence-electron chi connectivity index (χ1n) is 7.27. The predicted molar refractivity (Wildman–Crippen MR) is 86.2 cm³/mol. The van der Waals surface area contributed by atoms with Gasteiger partial charge in [-0.25, -0.2) is 0 Å². The van der Waals surface area contributed by atoms with Gasteiger partial charge in [0.1, 0.15) is 0 Å². The number of hydrogen-bond donors (Lipinski definition) is 1. The molecule has 2 aromatic rings. The second kappa shape index (κ2) is 7.48. The highest BCUT2D eigenvalue weighted by molar-refractivity contribution is 5.78. The Bertz CT molecular complexity index is 581. The Balaban J connectivity index is 2.12. The Morgan fingerprint density at radius 1 is 1.10 bits per heavy atom. The van der Waals surface area contributed by atoms with Crippen molar-refractivity contribution in [2.24, 2.45) is 0 Å². The van der Waals surface area contributed by atoms with Crippen LogP contribution in [0.4, 0.5) is 5.69 Å². The molecule has 2 aromatic carbocycles. The Kier molecular flexibility index (Phi) is 5.38. The van der Waals surface area contributed by atoms with Crippen molar-refractivity contribution in [3.63, 3.8) is 0 Å². The molecule has 3 heteroatoms. The van der Waals surface area contributed by atoms with Crippen LogP contribution in [0.2, 0.25) is 0 Å². The third-order valence-electron chi connectivity index (χ3n) is 3.19. The average molecular weight is 283 g/mol. The zero-order valence-electron chi connectivity index (χ0n) is 12.5. The molecule has 0 bridgehead atoms. The van der Waals surface area contributed by atoms with Gasteiger partial charge in [0.05, 0.1) is 13.0 Å². The summed E-state index contributed by atoms with van der Waals surface area (Å²) in [5.41, 5.74) is 3.32. The van der Waals surface area contributed by atoms with E-state index in [1.807, 2.05) is 50.2 Å². The molecule has 21 heavy (non-hydrogen) atoms. The van der Waals surface area contributed by atoms with Gasteiger partial charge in [0.25, 0.3) is 0 Å². The van der Waals surface area contributed by atoms with Gasteiger partial charge in [-0.15, -0.1) is 0 Å². The SMILES string of the molecule is CCOC(=O)CC(C)Nc1ccccc1-c1ccccc1. The maximum Gasteiger partial charge on any atom is 0.307 e. The van der Waals surface area contributed by atoms with Gasteiger partial charge in [0.2, 0.25) is 0 Å². The summed E-state index contributed by atoms with van der Waals surface area (Å²) in [7, 11) is 0. The fraction of sp³-hybridized carbons (Fsp3) is 0.278. The van der Waals surface area contributed by atoms with Crippen molar-refractivity contribution < 1.29 is 9.53 Å². The Morgan fingerprint density at radius 3 is 2.48 bits per heavy atom. The molecule has 0 aliphatic heterocycles. The van der Waals surface area contributed by atoms with E-state index in [9.17, 15) is 4.79 Å². The fourth-order valence-electron chi connectivity index (χ4n) is 2.26. The first-order valence-corrected chi connectivity index (χ1v) is 7.27. The number of rotatable bonds is 6. The van der Waals surface area contributed by atoms with Crippen LogP contribution in [-0.2, 0) is 9.53 Å². The average Bonchev–Trinajstić information content (AvgIpc) is 2.48. The van der Waals surface area contributed by atoms with Crippen LogP contribution >= 0.6 is 0 Å². The number of esters is 1. The predicted octanol–water partition coefficient (Wildman–Crippen LogP) is 4.11. The minimum atomic E-state index is -0.172. The van der Waals surface area contributed by atoms with Gasteiger partial charge in [-0.1, -0.05) is 48.5 Å². The first-order chi connectivity index (χ1) is 10.2. The molecule has 0 amide bonds. The Hall–Kier alpha value is -2.29. The molecule has 1 unspecified atom stereocenters. The summed E-state index contributed by atoms with van der Waals surface area (Å²) in [5, 5.41) is 3.40. The summed E-state index contributed by atoms with van der Waals surface area (Å²) in [6.45, 7) is 4.23. The van der Waals surface area contributed by atoms with Crippen molar-refractivity contribution in [3.8, 4) is 11.1 Å². The van der Waals surface area contributed by atoms with Gasteiger partial charge >= 0.3 is 5.97 Å². The summed E-state index contributed by atoms with van der Waals surface area (Å²) in [6.07, 6.45) is 0.358. The van der Waals surface area contributed by atoms with Crippen molar-refractivity contribution in [3.05, 3.63) is 54.6 Å². The largest absolute Gasteiger partial charge is 0.466 e. The van der Waals surface area contributed by atoms with E-state index in [1.165, 1.54) is 0 Å². The molecule has 2 rings (SSSR count). The fourth-order valence-corrected chi connectivity index (χ4v) is 2.26. The second-order valence-corrected chi connectivity index (χ2v) is 4.97. The first kappa shape index (κ1) is 15.1. The lowest BCUT2D eigenvalue weighted by atomic mass is 10.0. The highest BCUT2D eigenvalue weighted by atomic mass is 16.5. The maximum atomic E-state index is 11.5. The minimum Gasteiger partial charge on any atom is -0.466 e. The van der Waals surface area contributed by atoms with Crippen molar-refractivity contribution in [1.82, 2.24) is 0 Å². The highest BCUT2D eigenvalue weighted by Crippen LogP contribution is 2.28. The maximum absolute atomic E-state index is 11.5. The van der Waals surface area contributed by atoms with E-state index in [2.05, 4.69) is 23.5 Å². The summed E-state index contributed by atoms with van der Waals surface area (Å²) >= 11 is 0. The number of carbonyl (C=O) groups excluding carboxylic acids is 1. The van der Waals surface area contributed by atoms with Crippen LogP contribution in [0.3, 0.4) is 0 Å². The number of hydrogen-bond acceptors (Lipinski definition) is 3. The van der Waals surface area contributed by atoms with Crippen LogP contribution in [0.15, 0.2) is 54.6 Å². The van der Waals surface area contributed by atoms with Crippen molar-refractivity contribution >= 4 is 11.7 Å². The molecular formula is C18H21NO2. The highest BCUT2D eigenvalue weighted by Gasteiger charge is 2.11. The Labute approximate surface area is 126 Å². The monoisotopic (exact) mass is 283 g/mol. The molecule has 0 spiro atoms. The molecule has 1 N–H and O–H groups in total. The summed E-state index contributed by atoms with van der Waals surface area (Å²) in [4.78, 5) is 11.5. The Morgan fingerprint density at radius 2 is 1.76 bits per heavy atom. The van der Waals surface area contributed by atoms with E-state index in [4.69, 9.17) is 4.74 Å². The molecular weight excluding hydrogens is 262 g/mol. The molecule has 0 saturated carbocycles. The van der Waals surface area contributed by atoms with Gasteiger partial charge in [0, 0.05) is 17.3 Å². The molecule has 1 atom stereocenters. The molecule has 0 aromatic heterocycles. The minimum absolute atomic E-state index is 0.0221. The third kappa shape index (κ3) is 4.35. The van der Waals surface area contributed by atoms with Gasteiger partial charge in [-0.3, -0.25) is 4.79 Å². The number of anilines is 1. The van der Waals surface area contributed by atoms with Gasteiger partial charge < -0.3 is 10.1 Å². The number of nitrogens with one attached hydrogen (secondary N) is 1. The van der Waals surface area contributed by atoms with Crippen LogP contribution in [-0.4, -0.2) is 18.6 Å². The molecule has 3 nitrogen and oxygen atoms in total. The smallest absolute Gasteiger partial charge is 0.307 e. The number of para-hydroxylation sites is 1. The molecule has 0 fully saturated rings. The van der Waals surface area contributed by atoms with Crippen LogP contribution in [0, 0.1) is 0 Å². The van der Waals surface area contributed by atoms with Gasteiger partial charge in [0.15, 0.2) is 0 Å². The molecule has 110 valence electrons. The summed E-state index contributed by atoms with van der Waals surface area (Å²) < 4.78 is 4.99. The lowest BCUT2D eigenvalue weighted by Crippen LogP contribution is -2.21. The number of ether oxygens (including phenoxy) is 1. The van der Waals surface area contributed by atoms with E-state index in [-0.39, 0.29) is 12.0 Å². The van der Waals surface area contributed by atoms with E-state index >= 15 is 0 Å². The quantitative estimate of drug-likeness (QED) is 0.811. The normalized spacial score (nSPS) is 11.7. The van der Waals surface area contributed by atoms with Crippen LogP contribution in [0.1, 0.15) is 20.3 Å². The van der Waals surface area contributed by atoms with Crippen molar-refractivity contribution in [1.29, 1.82) is 0 Å². The van der Waals surface area contributed by atoms with E-state index in [1.54, 1.807) is 0 Å². The van der Waals surface area contributed by atoms with Crippen LogP contribution in [0.5, 0.6) is 0 Å². The molecule has 0 heterocycles. The number of benzene rings is 2. The van der Waals surface area contributed by atoms with Crippen molar-refractivity contribution in [2.75, 3.05) is 11.9 Å². The van der Waals surface area contributed by atoms with Crippen LogP contribution in [0.25, 0.3) is 11.1 Å². The number of carbonyl (C=O) groups is 1. The van der Waals surface area contributed by atoms with Gasteiger partial charge in [-0.05, 0) is 25.5 Å². The lowest BCUT2D eigenvalue weighted by Gasteiger charge is -2.17. The second-order valence-electron chi connectivity index (χ2n) is 4.97. The summed E-state index contributed by atoms with van der Waals surface area (Å²) in [6, 6.07) is 18.3. The molecule has 0 saturated heterocycles. The van der Waals surface area contributed by atoms with Crippen LogP contribution < -0.4 is 5.32 Å². The van der Waals surface area contributed by atoms with E-state index in [0.29, 0.717) is 13.0 Å².